The van der Waals surface area contributed by atoms with Crippen molar-refractivity contribution in [2.75, 3.05) is 18.1 Å². The molecule has 0 aromatic rings. The molecule has 0 aromatic heterocycles. The largest absolute Gasteiger partial charge is 0.480 e. The molecule has 1 unspecified atom stereocenters. The van der Waals surface area contributed by atoms with Gasteiger partial charge in [-0.3, -0.25) is 9.79 Å². The van der Waals surface area contributed by atoms with Crippen molar-refractivity contribution in [2.24, 2.45) is 22.4 Å². The molecule has 15 heavy (non-hydrogen) atoms. The predicted molar refractivity (Wildman–Crippen MR) is 62.1 cm³/mol. The van der Waals surface area contributed by atoms with Gasteiger partial charge < -0.3 is 16.6 Å². The van der Waals surface area contributed by atoms with E-state index in [0.29, 0.717) is 18.8 Å². The van der Waals surface area contributed by atoms with E-state index in [4.69, 9.17) is 16.6 Å². The molecule has 5 N–H and O–H groups in total. The highest BCUT2D eigenvalue weighted by atomic mass is 32.2. The molecule has 0 aliphatic heterocycles. The average Bonchev–Trinajstić information content (AvgIpc) is 2.78. The van der Waals surface area contributed by atoms with Crippen LogP contribution >= 0.6 is 11.8 Å². The van der Waals surface area contributed by atoms with Gasteiger partial charge in [-0.25, -0.2) is 0 Å². The fourth-order valence-electron chi connectivity index (χ4n) is 1.33. The van der Waals surface area contributed by atoms with Crippen molar-refractivity contribution in [3.63, 3.8) is 0 Å². The van der Waals surface area contributed by atoms with Crippen LogP contribution in [0.5, 0.6) is 0 Å². The number of hydrogen-bond donors (Lipinski definition) is 3. The number of nitrogens with zero attached hydrogens (tertiary/aromatic N) is 1. The summed E-state index contributed by atoms with van der Waals surface area (Å²) in [6, 6.07) is 0. The van der Waals surface area contributed by atoms with E-state index in [1.54, 1.807) is 18.7 Å². The summed E-state index contributed by atoms with van der Waals surface area (Å²) in [4.78, 5) is 14.7. The second-order valence-electron chi connectivity index (χ2n) is 3.84. The molecule has 86 valence electrons. The summed E-state index contributed by atoms with van der Waals surface area (Å²) < 4.78 is 0. The lowest BCUT2D eigenvalue weighted by molar-refractivity contribution is -0.139. The molecule has 1 aliphatic rings. The van der Waals surface area contributed by atoms with Crippen LogP contribution < -0.4 is 11.5 Å². The average molecular weight is 231 g/mol. The number of aliphatic imine (C=N–C) groups is 1. The highest BCUT2D eigenvalue weighted by Gasteiger charge is 2.57. The van der Waals surface area contributed by atoms with Gasteiger partial charge in [0.2, 0.25) is 0 Å². The second-order valence-corrected chi connectivity index (χ2v) is 4.99. The van der Waals surface area contributed by atoms with E-state index >= 15 is 0 Å². The number of hydrogen-bond acceptors (Lipinski definition) is 4. The third-order valence-electron chi connectivity index (χ3n) is 2.47. The molecule has 0 heterocycles. The van der Waals surface area contributed by atoms with Crippen LogP contribution in [0.2, 0.25) is 0 Å². The molecule has 0 saturated heterocycles. The Morgan fingerprint density at radius 1 is 1.73 bits per heavy atom. The van der Waals surface area contributed by atoms with Crippen LogP contribution in [0, 0.1) is 5.92 Å². The summed E-state index contributed by atoms with van der Waals surface area (Å²) in [7, 11) is 0. The fourth-order valence-corrected chi connectivity index (χ4v) is 2.42. The maximum absolute atomic E-state index is 10.7. The maximum atomic E-state index is 10.7. The lowest BCUT2D eigenvalue weighted by Gasteiger charge is -2.04. The molecule has 0 aromatic carbocycles. The van der Waals surface area contributed by atoms with E-state index in [1.807, 2.05) is 0 Å². The first kappa shape index (κ1) is 12.3. The van der Waals surface area contributed by atoms with E-state index in [2.05, 4.69) is 4.99 Å². The summed E-state index contributed by atoms with van der Waals surface area (Å²) in [6.45, 7) is 2.44. The Kier molecular flexibility index (Phi) is 3.98. The molecule has 2 atom stereocenters. The summed E-state index contributed by atoms with van der Waals surface area (Å²) in [5, 5.41) is 8.79. The Bertz CT molecular complexity index is 279. The second kappa shape index (κ2) is 4.85. The standard InChI is InChI=1S/C9H17N3O2S/c1-6(10)12-2-3-15-5-7-4-9(7,11)8(13)14/h7H,2-5,11H2,1H3,(H2,10,12)(H,13,14)/t7?,9-/m1/s1. The Morgan fingerprint density at radius 3 is 2.87 bits per heavy atom. The SMILES string of the molecule is CC(N)=NCCSCC1C[C@]1(N)C(=O)O. The monoisotopic (exact) mass is 231 g/mol. The zero-order chi connectivity index (χ0) is 11.5. The number of nitrogens with two attached hydrogens (primary N) is 2. The van der Waals surface area contributed by atoms with Crippen molar-refractivity contribution < 1.29 is 9.90 Å². The lowest BCUT2D eigenvalue weighted by Crippen LogP contribution is -2.35. The number of carbonyl (C=O) groups is 1. The minimum Gasteiger partial charge on any atom is -0.480 e. The maximum Gasteiger partial charge on any atom is 0.324 e. The molecule has 6 heteroatoms. The topological polar surface area (TPSA) is 102 Å². The van der Waals surface area contributed by atoms with Crippen LogP contribution in [-0.4, -0.2) is 40.5 Å². The fraction of sp³-hybridized carbons (Fsp3) is 0.778. The van der Waals surface area contributed by atoms with Crippen molar-refractivity contribution in [3.05, 3.63) is 0 Å². The van der Waals surface area contributed by atoms with E-state index in [9.17, 15) is 4.79 Å². The first-order valence-corrected chi connectivity index (χ1v) is 5.99. The van der Waals surface area contributed by atoms with Gasteiger partial charge in [-0.2, -0.15) is 11.8 Å². The van der Waals surface area contributed by atoms with Crippen LogP contribution in [0.3, 0.4) is 0 Å². The zero-order valence-electron chi connectivity index (χ0n) is 8.77. The first-order chi connectivity index (χ1) is 6.97. The number of amidine groups is 1. The van der Waals surface area contributed by atoms with E-state index in [0.717, 1.165) is 11.5 Å². The minimum absolute atomic E-state index is 0.114. The smallest absolute Gasteiger partial charge is 0.324 e. The Balaban J connectivity index is 2.09. The normalized spacial score (nSPS) is 30.3. The molecule has 0 amide bonds. The Hall–Kier alpha value is -0.750. The summed E-state index contributed by atoms with van der Waals surface area (Å²) in [5.74, 6) is 1.47. The summed E-state index contributed by atoms with van der Waals surface area (Å²) in [6.07, 6.45) is 0.592. The molecule has 5 nitrogen and oxygen atoms in total. The number of carboxylic acids is 1. The van der Waals surface area contributed by atoms with Crippen LogP contribution in [0.4, 0.5) is 0 Å². The van der Waals surface area contributed by atoms with Crippen LogP contribution in [0.25, 0.3) is 0 Å². The molecule has 0 radical (unpaired) electrons. The van der Waals surface area contributed by atoms with Gasteiger partial charge in [-0.15, -0.1) is 0 Å². The highest BCUT2D eigenvalue weighted by molar-refractivity contribution is 7.99. The van der Waals surface area contributed by atoms with Gasteiger partial charge in [0.15, 0.2) is 0 Å². The van der Waals surface area contributed by atoms with Gasteiger partial charge in [0, 0.05) is 12.3 Å². The van der Waals surface area contributed by atoms with E-state index in [-0.39, 0.29) is 5.92 Å². The van der Waals surface area contributed by atoms with Crippen LogP contribution in [0.15, 0.2) is 4.99 Å². The number of aliphatic carboxylic acids is 1. The summed E-state index contributed by atoms with van der Waals surface area (Å²) in [5.41, 5.74) is 10.1. The molecule has 0 bridgehead atoms. The summed E-state index contributed by atoms with van der Waals surface area (Å²) >= 11 is 1.68. The van der Waals surface area contributed by atoms with Gasteiger partial charge >= 0.3 is 5.97 Å². The zero-order valence-corrected chi connectivity index (χ0v) is 9.59. The van der Waals surface area contributed by atoms with Crippen molar-refractivity contribution >= 4 is 23.6 Å². The molecule has 1 aliphatic carbocycles. The minimum atomic E-state index is -0.958. The van der Waals surface area contributed by atoms with Gasteiger partial charge in [-0.1, -0.05) is 0 Å². The molecule has 1 rings (SSSR count). The Labute approximate surface area is 93.3 Å². The number of thioether (sulfide) groups is 1. The van der Waals surface area contributed by atoms with Gasteiger partial charge in [0.05, 0.1) is 5.84 Å². The van der Waals surface area contributed by atoms with Crippen molar-refractivity contribution in [1.82, 2.24) is 0 Å². The molecular weight excluding hydrogens is 214 g/mol. The third kappa shape index (κ3) is 3.39. The number of carboxylic acid groups (broad SMARTS) is 1. The van der Waals surface area contributed by atoms with Crippen molar-refractivity contribution in [1.29, 1.82) is 0 Å². The van der Waals surface area contributed by atoms with Gasteiger partial charge in [0.1, 0.15) is 5.54 Å². The highest BCUT2D eigenvalue weighted by Crippen LogP contribution is 2.43. The van der Waals surface area contributed by atoms with Crippen LogP contribution in [-0.2, 0) is 4.79 Å². The quantitative estimate of drug-likeness (QED) is 0.336. The molecule has 1 fully saturated rings. The third-order valence-corrected chi connectivity index (χ3v) is 3.58. The van der Waals surface area contributed by atoms with Crippen molar-refractivity contribution in [3.8, 4) is 0 Å². The molecule has 0 spiro atoms. The lowest BCUT2D eigenvalue weighted by atomic mass is 10.2. The first-order valence-electron chi connectivity index (χ1n) is 4.83. The van der Waals surface area contributed by atoms with Gasteiger partial charge in [0.25, 0.3) is 0 Å². The van der Waals surface area contributed by atoms with Gasteiger partial charge in [-0.05, 0) is 25.0 Å². The Morgan fingerprint density at radius 2 is 2.40 bits per heavy atom. The van der Waals surface area contributed by atoms with E-state index in [1.165, 1.54) is 0 Å². The molecule has 1 saturated carbocycles. The molecular formula is C9H17N3O2S. The van der Waals surface area contributed by atoms with Crippen LogP contribution in [0.1, 0.15) is 13.3 Å². The van der Waals surface area contributed by atoms with E-state index < -0.39 is 11.5 Å². The predicted octanol–water partition coefficient (Wildman–Crippen LogP) is -0.101. The number of rotatable bonds is 6. The van der Waals surface area contributed by atoms with Crippen molar-refractivity contribution in [2.45, 2.75) is 18.9 Å².